The van der Waals surface area contributed by atoms with Crippen molar-refractivity contribution in [3.8, 4) is 0 Å². The highest BCUT2D eigenvalue weighted by Gasteiger charge is 2.38. The first-order chi connectivity index (χ1) is 18.4. The van der Waals surface area contributed by atoms with Gasteiger partial charge in [0, 0.05) is 16.0 Å². The number of pyridine rings is 1. The normalized spacial score (nSPS) is 13.8. The van der Waals surface area contributed by atoms with Crippen molar-refractivity contribution >= 4 is 53.1 Å². The lowest BCUT2D eigenvalue weighted by molar-refractivity contribution is 0.101. The number of halogens is 1. The molecule has 38 heavy (non-hydrogen) atoms. The molecule has 4 heteroatoms. The van der Waals surface area contributed by atoms with E-state index in [9.17, 15) is 4.79 Å². The van der Waals surface area contributed by atoms with Gasteiger partial charge >= 0.3 is 0 Å². The molecule has 0 spiro atoms. The van der Waals surface area contributed by atoms with Crippen molar-refractivity contribution in [1.29, 1.82) is 0 Å². The summed E-state index contributed by atoms with van der Waals surface area (Å²) in [6, 6.07) is 26.3. The number of carbonyl (C=O) groups excluding carboxylic acids is 1. The van der Waals surface area contributed by atoms with Crippen LogP contribution in [0, 0.1) is 5.41 Å². The van der Waals surface area contributed by atoms with Gasteiger partial charge in [-0.2, -0.15) is 12.6 Å². The van der Waals surface area contributed by atoms with Crippen LogP contribution in [0.5, 0.6) is 0 Å². The van der Waals surface area contributed by atoms with Gasteiger partial charge in [0.1, 0.15) is 0 Å². The smallest absolute Gasteiger partial charge is 0.160 e. The Labute approximate surface area is 237 Å². The van der Waals surface area contributed by atoms with Crippen molar-refractivity contribution in [2.75, 3.05) is 5.75 Å². The molecular formula is C34H36ClNOS. The Kier molecular flexibility index (Phi) is 9.82. The number of thiol groups is 1. The summed E-state index contributed by atoms with van der Waals surface area (Å²) in [5.41, 5.74) is 6.91. The van der Waals surface area contributed by atoms with Crippen LogP contribution >= 0.6 is 24.2 Å². The van der Waals surface area contributed by atoms with Crippen LogP contribution in [0.15, 0.2) is 78.9 Å². The molecule has 196 valence electrons. The van der Waals surface area contributed by atoms with Gasteiger partial charge in [0.05, 0.1) is 11.2 Å². The van der Waals surface area contributed by atoms with E-state index in [1.165, 1.54) is 24.8 Å². The number of rotatable bonds is 9. The van der Waals surface area contributed by atoms with Crippen molar-refractivity contribution in [1.82, 2.24) is 4.98 Å². The predicted octanol–water partition coefficient (Wildman–Crippen LogP) is 9.54. The van der Waals surface area contributed by atoms with E-state index in [0.717, 1.165) is 58.3 Å². The molecule has 4 aromatic rings. The zero-order valence-electron chi connectivity index (χ0n) is 22.3. The highest BCUT2D eigenvalue weighted by molar-refractivity contribution is 7.80. The van der Waals surface area contributed by atoms with Crippen LogP contribution in [0.2, 0.25) is 5.02 Å². The zero-order valence-corrected chi connectivity index (χ0v) is 23.9. The molecule has 1 fully saturated rings. The van der Waals surface area contributed by atoms with Crippen LogP contribution in [0.1, 0.15) is 72.3 Å². The maximum Gasteiger partial charge on any atom is 0.160 e. The summed E-state index contributed by atoms with van der Waals surface area (Å²) in [6.45, 7) is 3.89. The van der Waals surface area contributed by atoms with E-state index < -0.39 is 0 Å². The summed E-state index contributed by atoms with van der Waals surface area (Å²) in [6.07, 6.45) is 11.2. The molecule has 0 N–H and O–H groups in total. The van der Waals surface area contributed by atoms with Crippen molar-refractivity contribution in [2.45, 2.75) is 52.4 Å². The number of aryl methyl sites for hydroxylation is 2. The Morgan fingerprint density at radius 2 is 1.76 bits per heavy atom. The van der Waals surface area contributed by atoms with Gasteiger partial charge in [0.15, 0.2) is 5.78 Å². The lowest BCUT2D eigenvalue weighted by atomic mass is 9.97. The number of hydrogen-bond acceptors (Lipinski definition) is 3. The van der Waals surface area contributed by atoms with Gasteiger partial charge in [0.25, 0.3) is 0 Å². The molecule has 0 unspecified atom stereocenters. The fraction of sp³-hybridized carbons (Fsp3) is 0.294. The summed E-state index contributed by atoms with van der Waals surface area (Å²) in [5.74, 6) is 1.23. The molecule has 5 rings (SSSR count). The second kappa shape index (κ2) is 13.3. The van der Waals surface area contributed by atoms with Crippen LogP contribution in [0.25, 0.3) is 23.1 Å². The summed E-state index contributed by atoms with van der Waals surface area (Å²) < 4.78 is 0. The van der Waals surface area contributed by atoms with Gasteiger partial charge in [0.2, 0.25) is 0 Å². The molecule has 3 aromatic carbocycles. The van der Waals surface area contributed by atoms with Crippen LogP contribution < -0.4 is 0 Å². The number of benzene rings is 3. The van der Waals surface area contributed by atoms with Crippen LogP contribution in [0.3, 0.4) is 0 Å². The monoisotopic (exact) mass is 541 g/mol. The fourth-order valence-electron chi connectivity index (χ4n) is 4.60. The highest BCUT2D eigenvalue weighted by atomic mass is 35.5. The molecule has 2 nitrogen and oxygen atoms in total. The van der Waals surface area contributed by atoms with E-state index >= 15 is 0 Å². The SMILES string of the molecule is CC(=O)c1ccccc1CCCc1cccc(/C=C/c2ccc3ccc(Cl)cc3n2)c1.CCC1(CS)CC1. The lowest BCUT2D eigenvalue weighted by Crippen LogP contribution is -2.00. The third kappa shape index (κ3) is 7.82. The molecular weight excluding hydrogens is 506 g/mol. The third-order valence-electron chi connectivity index (χ3n) is 7.42. The van der Waals surface area contributed by atoms with Gasteiger partial charge < -0.3 is 0 Å². The zero-order chi connectivity index (χ0) is 27.0. The number of nitrogens with zero attached hydrogens (tertiary/aromatic N) is 1. The predicted molar refractivity (Wildman–Crippen MR) is 166 cm³/mol. The molecule has 0 atom stereocenters. The molecule has 1 aromatic heterocycles. The van der Waals surface area contributed by atoms with Crippen molar-refractivity contribution in [2.24, 2.45) is 5.41 Å². The molecule has 0 saturated heterocycles. The van der Waals surface area contributed by atoms with Gasteiger partial charge in [-0.3, -0.25) is 4.79 Å². The van der Waals surface area contributed by atoms with E-state index in [4.69, 9.17) is 11.6 Å². The number of fused-ring (bicyclic) bond motifs is 1. The maximum atomic E-state index is 11.8. The summed E-state index contributed by atoms with van der Waals surface area (Å²) in [5, 5.41) is 1.77. The molecule has 1 aliphatic carbocycles. The van der Waals surface area contributed by atoms with Crippen LogP contribution in [-0.4, -0.2) is 16.5 Å². The third-order valence-corrected chi connectivity index (χ3v) is 8.33. The Bertz CT molecular complexity index is 1420. The van der Waals surface area contributed by atoms with E-state index in [1.54, 1.807) is 6.92 Å². The fourth-order valence-corrected chi connectivity index (χ4v) is 5.30. The summed E-state index contributed by atoms with van der Waals surface area (Å²) in [4.78, 5) is 16.5. The minimum Gasteiger partial charge on any atom is -0.295 e. The second-order valence-corrected chi connectivity index (χ2v) is 11.0. The molecule has 0 bridgehead atoms. The molecule has 1 heterocycles. The topological polar surface area (TPSA) is 30.0 Å². The Morgan fingerprint density at radius 3 is 2.47 bits per heavy atom. The van der Waals surface area contributed by atoms with Crippen molar-refractivity contribution < 1.29 is 4.79 Å². The number of Topliss-reactive ketones (excluding diaryl/α,β-unsaturated/α-hetero) is 1. The van der Waals surface area contributed by atoms with Crippen molar-refractivity contribution in [3.05, 3.63) is 112 Å². The van der Waals surface area contributed by atoms with Gasteiger partial charge in [-0.1, -0.05) is 85.3 Å². The Morgan fingerprint density at radius 1 is 0.974 bits per heavy atom. The minimum absolute atomic E-state index is 0.132. The first kappa shape index (κ1) is 28.1. The van der Waals surface area contributed by atoms with Crippen molar-refractivity contribution in [3.63, 3.8) is 0 Å². The molecule has 0 aliphatic heterocycles. The van der Waals surface area contributed by atoms with Gasteiger partial charge in [-0.25, -0.2) is 4.98 Å². The van der Waals surface area contributed by atoms with E-state index in [-0.39, 0.29) is 5.78 Å². The lowest BCUT2D eigenvalue weighted by Gasteiger charge is -2.07. The molecule has 0 amide bonds. The van der Waals surface area contributed by atoms with Gasteiger partial charge in [-0.15, -0.1) is 0 Å². The van der Waals surface area contributed by atoms with E-state index in [2.05, 4.69) is 67.0 Å². The van der Waals surface area contributed by atoms with E-state index in [0.29, 0.717) is 10.4 Å². The number of ketones is 1. The average molecular weight is 542 g/mol. The minimum atomic E-state index is 0.132. The number of carbonyl (C=O) groups is 1. The highest BCUT2D eigenvalue weighted by Crippen LogP contribution is 2.49. The largest absolute Gasteiger partial charge is 0.295 e. The molecule has 1 saturated carbocycles. The first-order valence-electron chi connectivity index (χ1n) is 13.4. The number of hydrogen-bond donors (Lipinski definition) is 1. The maximum absolute atomic E-state index is 11.8. The average Bonchev–Trinajstić information content (AvgIpc) is 3.73. The quantitative estimate of drug-likeness (QED) is 0.169. The Balaban J connectivity index is 0.000000417. The number of aromatic nitrogens is 1. The second-order valence-electron chi connectivity index (χ2n) is 10.2. The van der Waals surface area contributed by atoms with E-state index in [1.807, 2.05) is 48.5 Å². The summed E-state index contributed by atoms with van der Waals surface area (Å²) in [7, 11) is 0. The molecule has 0 radical (unpaired) electrons. The molecule has 1 aliphatic rings. The first-order valence-corrected chi connectivity index (χ1v) is 14.5. The van der Waals surface area contributed by atoms with Crippen LogP contribution in [-0.2, 0) is 12.8 Å². The standard InChI is InChI=1S/C28H24ClNO.C6H12S/c1-20(31)27-11-3-2-9-23(27)10-5-8-21-6-4-7-22(18-21)12-16-26-17-14-24-13-15-25(29)19-28(24)30-26;1-2-6(5-7)3-4-6/h2-4,6-7,9,11-19H,5,8,10H2,1H3;7H,2-5H2,1H3/b16-12+;. The summed E-state index contributed by atoms with van der Waals surface area (Å²) >= 11 is 10.3. The van der Waals surface area contributed by atoms with Crippen LogP contribution in [0.4, 0.5) is 0 Å². The van der Waals surface area contributed by atoms with Gasteiger partial charge in [-0.05, 0) is 97.6 Å². The Hall–Kier alpha value is -2.88.